The van der Waals surface area contributed by atoms with Gasteiger partial charge in [-0.1, -0.05) is 0 Å². The lowest BCUT2D eigenvalue weighted by atomic mass is 10.3. The minimum absolute atomic E-state index is 0.102. The van der Waals surface area contributed by atoms with Crippen LogP contribution in [-0.4, -0.2) is 17.7 Å². The van der Waals surface area contributed by atoms with E-state index in [1.165, 1.54) is 0 Å². The van der Waals surface area contributed by atoms with Gasteiger partial charge < -0.3 is 9.47 Å². The van der Waals surface area contributed by atoms with Gasteiger partial charge in [-0.05, 0) is 6.08 Å². The zero-order chi connectivity index (χ0) is 8.06. The summed E-state index contributed by atoms with van der Waals surface area (Å²) in [5.74, 6) is 0.178. The van der Waals surface area contributed by atoms with Gasteiger partial charge in [0.05, 0.1) is 0 Å². The van der Waals surface area contributed by atoms with Crippen molar-refractivity contribution in [2.75, 3.05) is 0 Å². The van der Waals surface area contributed by atoms with Gasteiger partial charge in [0.15, 0.2) is 11.9 Å². The SMILES string of the molecule is CC1(C)OC2=CCC(=O)C2O1. The van der Waals surface area contributed by atoms with E-state index in [2.05, 4.69) is 0 Å². The van der Waals surface area contributed by atoms with Gasteiger partial charge in [-0.3, -0.25) is 4.79 Å². The summed E-state index contributed by atoms with van der Waals surface area (Å²) < 4.78 is 10.7. The third-order valence-electron chi connectivity index (χ3n) is 1.82. The third-order valence-corrected chi connectivity index (χ3v) is 1.82. The molecule has 0 radical (unpaired) electrons. The Hall–Kier alpha value is -0.830. The molecule has 1 saturated heterocycles. The van der Waals surface area contributed by atoms with Crippen LogP contribution in [0.5, 0.6) is 0 Å². The zero-order valence-electron chi connectivity index (χ0n) is 6.59. The molecule has 1 unspecified atom stereocenters. The molecule has 0 N–H and O–H groups in total. The largest absolute Gasteiger partial charge is 0.464 e. The third kappa shape index (κ3) is 0.959. The molecule has 1 atom stereocenters. The maximum Gasteiger partial charge on any atom is 0.205 e. The molecule has 0 aromatic heterocycles. The number of ether oxygens (including phenoxy) is 2. The van der Waals surface area contributed by atoms with Crippen LogP contribution in [0.15, 0.2) is 11.8 Å². The Labute approximate surface area is 65.0 Å². The lowest BCUT2D eigenvalue weighted by molar-refractivity contribution is -0.150. The molecule has 1 fully saturated rings. The van der Waals surface area contributed by atoms with Gasteiger partial charge in [0.25, 0.3) is 0 Å². The van der Waals surface area contributed by atoms with Crippen LogP contribution >= 0.6 is 0 Å². The van der Waals surface area contributed by atoms with Gasteiger partial charge in [0, 0.05) is 20.3 Å². The van der Waals surface area contributed by atoms with E-state index < -0.39 is 11.9 Å². The molecule has 1 heterocycles. The van der Waals surface area contributed by atoms with Gasteiger partial charge in [0.1, 0.15) is 5.76 Å². The zero-order valence-corrected chi connectivity index (χ0v) is 6.59. The summed E-state index contributed by atoms with van der Waals surface area (Å²) in [5, 5.41) is 0. The van der Waals surface area contributed by atoms with Gasteiger partial charge in [0.2, 0.25) is 5.79 Å². The van der Waals surface area contributed by atoms with E-state index in [0.29, 0.717) is 12.2 Å². The Kier molecular flexibility index (Phi) is 1.16. The molecule has 0 saturated carbocycles. The summed E-state index contributed by atoms with van der Waals surface area (Å²) in [7, 11) is 0. The Balaban J connectivity index is 2.26. The van der Waals surface area contributed by atoms with Crippen molar-refractivity contribution in [1.29, 1.82) is 0 Å². The number of Topliss-reactive ketones (excluding diaryl/α,β-unsaturated/α-hetero) is 1. The maximum absolute atomic E-state index is 11.1. The minimum Gasteiger partial charge on any atom is -0.464 e. The molecule has 60 valence electrons. The summed E-state index contributed by atoms with van der Waals surface area (Å²) in [5.41, 5.74) is 0. The highest BCUT2D eigenvalue weighted by molar-refractivity contribution is 5.90. The smallest absolute Gasteiger partial charge is 0.205 e. The molecule has 3 heteroatoms. The summed E-state index contributed by atoms with van der Waals surface area (Å²) >= 11 is 0. The van der Waals surface area contributed by atoms with Crippen LogP contribution < -0.4 is 0 Å². The van der Waals surface area contributed by atoms with E-state index in [-0.39, 0.29) is 5.78 Å². The molecule has 11 heavy (non-hydrogen) atoms. The fourth-order valence-corrected chi connectivity index (χ4v) is 1.38. The molecule has 2 rings (SSSR count). The molecule has 3 nitrogen and oxygen atoms in total. The van der Waals surface area contributed by atoms with Crippen molar-refractivity contribution >= 4 is 5.78 Å². The predicted molar refractivity (Wildman–Crippen MR) is 37.7 cm³/mol. The van der Waals surface area contributed by atoms with Crippen molar-refractivity contribution in [2.45, 2.75) is 32.2 Å². The molecule has 0 spiro atoms. The average Bonchev–Trinajstić information content (AvgIpc) is 2.31. The monoisotopic (exact) mass is 154 g/mol. The topological polar surface area (TPSA) is 35.5 Å². The number of allylic oxidation sites excluding steroid dienone is 1. The second-order valence-corrected chi connectivity index (χ2v) is 3.28. The first-order valence-corrected chi connectivity index (χ1v) is 3.68. The number of hydrogen-bond acceptors (Lipinski definition) is 3. The van der Waals surface area contributed by atoms with Crippen molar-refractivity contribution in [2.24, 2.45) is 0 Å². The van der Waals surface area contributed by atoms with Crippen LogP contribution in [-0.2, 0) is 14.3 Å². The number of carbonyl (C=O) groups is 1. The normalized spacial score (nSPS) is 33.1. The molecule has 0 aromatic carbocycles. The van der Waals surface area contributed by atoms with Crippen LogP contribution in [0.1, 0.15) is 20.3 Å². The van der Waals surface area contributed by atoms with Crippen molar-refractivity contribution < 1.29 is 14.3 Å². The first-order valence-electron chi connectivity index (χ1n) is 3.68. The fourth-order valence-electron chi connectivity index (χ4n) is 1.38. The molecule has 2 aliphatic rings. The van der Waals surface area contributed by atoms with Crippen LogP contribution in [0.2, 0.25) is 0 Å². The highest BCUT2D eigenvalue weighted by atomic mass is 16.7. The summed E-state index contributed by atoms with van der Waals surface area (Å²) in [6.45, 7) is 3.61. The first kappa shape index (κ1) is 6.85. The lowest BCUT2D eigenvalue weighted by Gasteiger charge is -2.16. The standard InChI is InChI=1S/C8H10O3/c1-8(2)10-6-4-3-5(9)7(6)11-8/h4,7H,3H2,1-2H3. The van der Waals surface area contributed by atoms with E-state index in [9.17, 15) is 4.79 Å². The predicted octanol–water partition coefficient (Wildman–Crippen LogP) is 0.995. The molecule has 1 aliphatic carbocycles. The molecule has 0 aromatic rings. The van der Waals surface area contributed by atoms with E-state index in [1.54, 1.807) is 19.9 Å². The lowest BCUT2D eigenvalue weighted by Crippen LogP contribution is -2.24. The second-order valence-electron chi connectivity index (χ2n) is 3.28. The number of carbonyl (C=O) groups excluding carboxylic acids is 1. The maximum atomic E-state index is 11.1. The molecular weight excluding hydrogens is 144 g/mol. The number of fused-ring (bicyclic) bond motifs is 1. The number of ketones is 1. The summed E-state index contributed by atoms with van der Waals surface area (Å²) in [4.78, 5) is 11.1. The van der Waals surface area contributed by atoms with Gasteiger partial charge in [-0.2, -0.15) is 0 Å². The van der Waals surface area contributed by atoms with E-state index in [4.69, 9.17) is 9.47 Å². The Morgan fingerprint density at radius 2 is 2.36 bits per heavy atom. The molecule has 0 amide bonds. The van der Waals surface area contributed by atoms with Crippen LogP contribution in [0.3, 0.4) is 0 Å². The van der Waals surface area contributed by atoms with Crippen LogP contribution in [0.4, 0.5) is 0 Å². The Morgan fingerprint density at radius 3 is 3.00 bits per heavy atom. The summed E-state index contributed by atoms with van der Waals surface area (Å²) in [6.07, 6.45) is 1.84. The number of hydrogen-bond donors (Lipinski definition) is 0. The summed E-state index contributed by atoms with van der Waals surface area (Å²) in [6, 6.07) is 0. The molecule has 0 bridgehead atoms. The van der Waals surface area contributed by atoms with E-state index >= 15 is 0 Å². The van der Waals surface area contributed by atoms with Crippen molar-refractivity contribution in [3.63, 3.8) is 0 Å². The van der Waals surface area contributed by atoms with Crippen molar-refractivity contribution in [1.82, 2.24) is 0 Å². The van der Waals surface area contributed by atoms with Gasteiger partial charge in [-0.15, -0.1) is 0 Å². The van der Waals surface area contributed by atoms with E-state index in [0.717, 1.165) is 0 Å². The fraction of sp³-hybridized carbons (Fsp3) is 0.625. The first-order chi connectivity index (χ1) is 5.08. The van der Waals surface area contributed by atoms with E-state index in [1.807, 2.05) is 0 Å². The Bertz CT molecular complexity index is 240. The van der Waals surface area contributed by atoms with Crippen molar-refractivity contribution in [3.8, 4) is 0 Å². The minimum atomic E-state index is -0.618. The average molecular weight is 154 g/mol. The highest BCUT2D eigenvalue weighted by Crippen LogP contribution is 2.35. The highest BCUT2D eigenvalue weighted by Gasteiger charge is 2.44. The van der Waals surface area contributed by atoms with Crippen LogP contribution in [0, 0.1) is 0 Å². The molecule has 1 aliphatic heterocycles. The van der Waals surface area contributed by atoms with Gasteiger partial charge in [-0.25, -0.2) is 0 Å². The quantitative estimate of drug-likeness (QED) is 0.522. The molecular formula is C8H10O3. The Morgan fingerprint density at radius 1 is 1.64 bits per heavy atom. The number of rotatable bonds is 0. The van der Waals surface area contributed by atoms with Crippen molar-refractivity contribution in [3.05, 3.63) is 11.8 Å². The van der Waals surface area contributed by atoms with Crippen LogP contribution in [0.25, 0.3) is 0 Å². The second kappa shape index (κ2) is 1.85. The van der Waals surface area contributed by atoms with Gasteiger partial charge >= 0.3 is 0 Å².